The molecule has 0 amide bonds. The number of aromatic nitrogens is 1. The molecule has 0 bridgehead atoms. The van der Waals surface area contributed by atoms with E-state index in [1.165, 1.54) is 12.1 Å². The third-order valence-corrected chi connectivity index (χ3v) is 3.14. The summed E-state index contributed by atoms with van der Waals surface area (Å²) >= 11 is 17.4. The fourth-order valence-electron chi connectivity index (χ4n) is 1.34. The van der Waals surface area contributed by atoms with Gasteiger partial charge in [-0.25, -0.2) is 9.37 Å². The minimum atomic E-state index is -0.827. The molecule has 0 atom stereocenters. The zero-order valence-corrected chi connectivity index (χ0v) is 10.4. The van der Waals surface area contributed by atoms with Gasteiger partial charge in [-0.2, -0.15) is 4.39 Å². The van der Waals surface area contributed by atoms with Gasteiger partial charge in [-0.3, -0.25) is 0 Å². The lowest BCUT2D eigenvalue weighted by molar-refractivity contribution is 0.563. The zero-order chi connectivity index (χ0) is 12.6. The highest BCUT2D eigenvalue weighted by molar-refractivity contribution is 6.44. The van der Waals surface area contributed by atoms with Gasteiger partial charge >= 0.3 is 0 Å². The molecule has 0 unspecified atom stereocenters. The molecule has 0 N–H and O–H groups in total. The van der Waals surface area contributed by atoms with Crippen molar-refractivity contribution in [3.8, 4) is 11.1 Å². The molecule has 1 heterocycles. The van der Waals surface area contributed by atoms with Crippen LogP contribution in [0.5, 0.6) is 0 Å². The van der Waals surface area contributed by atoms with Crippen LogP contribution in [0, 0.1) is 11.8 Å². The van der Waals surface area contributed by atoms with E-state index < -0.39 is 11.8 Å². The molecule has 0 saturated carbocycles. The molecule has 1 aromatic heterocycles. The van der Waals surface area contributed by atoms with Crippen LogP contribution in [0.3, 0.4) is 0 Å². The number of benzene rings is 1. The number of pyridine rings is 1. The quantitative estimate of drug-likeness (QED) is 0.533. The maximum Gasteiger partial charge on any atom is 0.220 e. The number of hydrogen-bond donors (Lipinski definition) is 0. The van der Waals surface area contributed by atoms with Crippen molar-refractivity contribution in [2.75, 3.05) is 0 Å². The molecule has 0 aliphatic heterocycles. The van der Waals surface area contributed by atoms with Crippen molar-refractivity contribution in [3.63, 3.8) is 0 Å². The summed E-state index contributed by atoms with van der Waals surface area (Å²) in [6.45, 7) is 0. The monoisotopic (exact) mass is 293 g/mol. The number of nitrogens with zero attached hydrogens (tertiary/aromatic N) is 1. The van der Waals surface area contributed by atoms with E-state index in [1.54, 1.807) is 0 Å². The van der Waals surface area contributed by atoms with Gasteiger partial charge in [0.05, 0.1) is 21.3 Å². The first kappa shape index (κ1) is 12.6. The third-order valence-electron chi connectivity index (χ3n) is 2.11. The van der Waals surface area contributed by atoms with Crippen molar-refractivity contribution in [2.24, 2.45) is 0 Å². The predicted molar refractivity (Wildman–Crippen MR) is 64.6 cm³/mol. The molecule has 1 nitrogen and oxygen atoms in total. The molecule has 6 heteroatoms. The van der Waals surface area contributed by atoms with Crippen molar-refractivity contribution in [1.29, 1.82) is 0 Å². The van der Waals surface area contributed by atoms with Crippen LogP contribution in [-0.2, 0) is 0 Å². The first-order valence-corrected chi connectivity index (χ1v) is 5.58. The van der Waals surface area contributed by atoms with E-state index in [0.717, 1.165) is 12.3 Å². The van der Waals surface area contributed by atoms with E-state index in [9.17, 15) is 8.78 Å². The normalized spacial score (nSPS) is 10.6. The fourth-order valence-corrected chi connectivity index (χ4v) is 1.99. The van der Waals surface area contributed by atoms with Gasteiger partial charge in [0.25, 0.3) is 0 Å². The summed E-state index contributed by atoms with van der Waals surface area (Å²) in [5, 5.41) is 0.616. The Labute approximate surface area is 111 Å². The summed E-state index contributed by atoms with van der Waals surface area (Å²) in [6, 6.07) is 3.73. The Balaban J connectivity index is 2.68. The molecule has 0 radical (unpaired) electrons. The molecule has 0 aliphatic carbocycles. The number of halogens is 5. The summed E-state index contributed by atoms with van der Waals surface area (Å²) in [7, 11) is 0. The van der Waals surface area contributed by atoms with Gasteiger partial charge in [-0.1, -0.05) is 34.8 Å². The van der Waals surface area contributed by atoms with E-state index in [4.69, 9.17) is 34.8 Å². The SMILES string of the molecule is Fc1cnc(F)c(-c2cc(Cl)c(Cl)cc2Cl)c1. The van der Waals surface area contributed by atoms with Crippen LogP contribution in [-0.4, -0.2) is 4.98 Å². The van der Waals surface area contributed by atoms with Crippen LogP contribution in [0.15, 0.2) is 24.4 Å². The zero-order valence-electron chi connectivity index (χ0n) is 8.15. The van der Waals surface area contributed by atoms with E-state index in [-0.39, 0.29) is 26.2 Å². The van der Waals surface area contributed by atoms with Gasteiger partial charge in [-0.05, 0) is 18.2 Å². The molecule has 2 aromatic rings. The van der Waals surface area contributed by atoms with Crippen LogP contribution in [0.2, 0.25) is 15.1 Å². The second-order valence-corrected chi connectivity index (χ2v) is 4.46. The minimum Gasteiger partial charge on any atom is -0.225 e. The second kappa shape index (κ2) is 4.77. The Hall–Kier alpha value is -0.900. The molecular weight excluding hydrogens is 290 g/mol. The maximum atomic E-state index is 13.5. The van der Waals surface area contributed by atoms with Crippen molar-refractivity contribution < 1.29 is 8.78 Å². The highest BCUT2D eigenvalue weighted by atomic mass is 35.5. The van der Waals surface area contributed by atoms with E-state index >= 15 is 0 Å². The molecule has 0 aliphatic rings. The highest BCUT2D eigenvalue weighted by Crippen LogP contribution is 2.36. The van der Waals surface area contributed by atoms with E-state index in [1.807, 2.05) is 0 Å². The molecular formula is C11H4Cl3F2N. The van der Waals surface area contributed by atoms with E-state index in [0.29, 0.717) is 0 Å². The molecule has 0 saturated heterocycles. The Morgan fingerprint density at radius 1 is 0.824 bits per heavy atom. The first-order chi connectivity index (χ1) is 7.99. The van der Waals surface area contributed by atoms with Gasteiger partial charge in [0, 0.05) is 11.1 Å². The maximum absolute atomic E-state index is 13.5. The molecule has 1 aromatic carbocycles. The molecule has 88 valence electrons. The van der Waals surface area contributed by atoms with Crippen LogP contribution in [0.25, 0.3) is 11.1 Å². The van der Waals surface area contributed by atoms with Crippen molar-refractivity contribution in [3.05, 3.63) is 51.2 Å². The Morgan fingerprint density at radius 3 is 2.18 bits per heavy atom. The van der Waals surface area contributed by atoms with Crippen LogP contribution < -0.4 is 0 Å². The number of hydrogen-bond acceptors (Lipinski definition) is 1. The summed E-state index contributed by atoms with van der Waals surface area (Å²) in [6.07, 6.45) is 0.782. The molecule has 2 rings (SSSR count). The number of rotatable bonds is 1. The Kier molecular flexibility index (Phi) is 3.52. The van der Waals surface area contributed by atoms with Gasteiger partial charge in [-0.15, -0.1) is 0 Å². The lowest BCUT2D eigenvalue weighted by atomic mass is 10.1. The Morgan fingerprint density at radius 2 is 1.47 bits per heavy atom. The van der Waals surface area contributed by atoms with Gasteiger partial charge in [0.2, 0.25) is 5.95 Å². The fraction of sp³-hybridized carbons (Fsp3) is 0. The summed E-state index contributed by atoms with van der Waals surface area (Å²) in [5.41, 5.74) is 0.180. The van der Waals surface area contributed by atoms with Gasteiger partial charge < -0.3 is 0 Å². The summed E-state index contributed by atoms with van der Waals surface area (Å²) in [4.78, 5) is 3.27. The predicted octanol–water partition coefficient (Wildman–Crippen LogP) is 4.99. The smallest absolute Gasteiger partial charge is 0.220 e. The van der Waals surface area contributed by atoms with Crippen molar-refractivity contribution in [1.82, 2.24) is 4.98 Å². The summed E-state index contributed by atoms with van der Waals surface area (Å²) < 4.78 is 26.5. The van der Waals surface area contributed by atoms with Crippen molar-refractivity contribution in [2.45, 2.75) is 0 Å². The lowest BCUT2D eigenvalue weighted by Crippen LogP contribution is -1.92. The lowest BCUT2D eigenvalue weighted by Gasteiger charge is -2.07. The minimum absolute atomic E-state index is 0.0615. The van der Waals surface area contributed by atoms with Gasteiger partial charge in [0.1, 0.15) is 5.82 Å². The second-order valence-electron chi connectivity index (χ2n) is 3.24. The third kappa shape index (κ3) is 2.51. The van der Waals surface area contributed by atoms with E-state index in [2.05, 4.69) is 4.98 Å². The van der Waals surface area contributed by atoms with Gasteiger partial charge in [0.15, 0.2) is 0 Å². The average molecular weight is 295 g/mol. The molecule has 17 heavy (non-hydrogen) atoms. The largest absolute Gasteiger partial charge is 0.225 e. The molecule has 0 fully saturated rings. The topological polar surface area (TPSA) is 12.9 Å². The van der Waals surface area contributed by atoms with Crippen LogP contribution in [0.4, 0.5) is 8.78 Å². The standard InChI is InChI=1S/C11H4Cl3F2N/c12-8-3-10(14)9(13)2-6(8)7-1-5(15)4-17-11(7)16/h1-4H. The van der Waals surface area contributed by atoms with Crippen molar-refractivity contribution >= 4 is 34.8 Å². The van der Waals surface area contributed by atoms with Crippen LogP contribution in [0.1, 0.15) is 0 Å². The van der Waals surface area contributed by atoms with Crippen LogP contribution >= 0.6 is 34.8 Å². The Bertz CT molecular complexity index is 587. The summed E-state index contributed by atoms with van der Waals surface area (Å²) in [5.74, 6) is -1.49. The first-order valence-electron chi connectivity index (χ1n) is 4.45. The molecule has 0 spiro atoms. The highest BCUT2D eigenvalue weighted by Gasteiger charge is 2.13. The average Bonchev–Trinajstić information content (AvgIpc) is 2.27.